The van der Waals surface area contributed by atoms with Gasteiger partial charge in [-0.2, -0.15) is 0 Å². The van der Waals surface area contributed by atoms with Crippen LogP contribution in [0.2, 0.25) is 0 Å². The van der Waals surface area contributed by atoms with Crippen LogP contribution in [-0.2, 0) is 14.3 Å². The molecule has 0 aromatic carbocycles. The average molecular weight is 228 g/mol. The number of nitrogens with zero attached hydrogens (tertiary/aromatic N) is 1. The second-order valence-corrected chi connectivity index (χ2v) is 5.56. The van der Waals surface area contributed by atoms with E-state index in [9.17, 15) is 4.79 Å². The number of ether oxygens (including phenoxy) is 2. The summed E-state index contributed by atoms with van der Waals surface area (Å²) in [5.41, 5.74) is 0. The van der Waals surface area contributed by atoms with Gasteiger partial charge in [-0.05, 0) is 12.8 Å². The van der Waals surface area contributed by atoms with Crippen molar-refractivity contribution >= 4 is 5.97 Å². The van der Waals surface area contributed by atoms with Crippen molar-refractivity contribution in [2.24, 2.45) is 5.92 Å². The molecule has 4 heteroatoms. The highest BCUT2D eigenvalue weighted by molar-refractivity contribution is 5.72. The van der Waals surface area contributed by atoms with Gasteiger partial charge in [-0.3, -0.25) is 4.79 Å². The van der Waals surface area contributed by atoms with Crippen molar-refractivity contribution in [2.75, 3.05) is 33.8 Å². The molecule has 2 rings (SSSR count). The molecule has 2 aliphatic rings. The molecular weight excluding hydrogens is 206 g/mol. The van der Waals surface area contributed by atoms with E-state index in [-0.39, 0.29) is 18.2 Å². The topological polar surface area (TPSA) is 35.5 Å². The van der Waals surface area contributed by atoms with Gasteiger partial charge in [0.15, 0.2) is 0 Å². The minimum Gasteiger partial charge on any atom is -0.429 e. The van der Waals surface area contributed by atoms with Crippen molar-refractivity contribution in [2.45, 2.75) is 32.0 Å². The van der Waals surface area contributed by atoms with E-state index < -0.39 is 0 Å². The van der Waals surface area contributed by atoms with Gasteiger partial charge in [-0.15, -0.1) is 0 Å². The van der Waals surface area contributed by atoms with Crippen LogP contribution in [0.4, 0.5) is 0 Å². The summed E-state index contributed by atoms with van der Waals surface area (Å²) >= 11 is 0. The van der Waals surface area contributed by atoms with Gasteiger partial charge in [0.1, 0.15) is 19.7 Å². The molecule has 1 aliphatic heterocycles. The summed E-state index contributed by atoms with van der Waals surface area (Å²) in [5, 5.41) is 0. The highest BCUT2D eigenvalue weighted by Gasteiger charge is 2.33. The lowest BCUT2D eigenvalue weighted by Gasteiger charge is -2.37. The second kappa shape index (κ2) is 4.72. The van der Waals surface area contributed by atoms with Crippen LogP contribution in [0, 0.1) is 5.92 Å². The third kappa shape index (κ3) is 2.95. The number of esters is 1. The molecule has 0 N–H and O–H groups in total. The molecule has 1 unspecified atom stereocenters. The zero-order valence-corrected chi connectivity index (χ0v) is 10.3. The number of hydrogen-bond donors (Lipinski definition) is 0. The second-order valence-electron chi connectivity index (χ2n) is 5.56. The van der Waals surface area contributed by atoms with E-state index in [0.29, 0.717) is 6.61 Å². The Kier molecular flexibility index (Phi) is 3.50. The van der Waals surface area contributed by atoms with Gasteiger partial charge >= 0.3 is 5.97 Å². The average Bonchev–Trinajstić information content (AvgIpc) is 2.68. The minimum absolute atomic E-state index is 0.0515. The van der Waals surface area contributed by atoms with E-state index in [1.165, 1.54) is 0 Å². The van der Waals surface area contributed by atoms with Crippen molar-refractivity contribution < 1.29 is 18.8 Å². The lowest BCUT2D eigenvalue weighted by atomic mass is 10.1. The Labute approximate surface area is 97.1 Å². The van der Waals surface area contributed by atoms with Crippen LogP contribution in [0.1, 0.15) is 25.7 Å². The van der Waals surface area contributed by atoms with Crippen LogP contribution in [0.5, 0.6) is 0 Å². The molecular formula is C12H22NO3+. The first-order valence-corrected chi connectivity index (χ1v) is 6.21. The van der Waals surface area contributed by atoms with E-state index in [4.69, 9.17) is 9.47 Å². The van der Waals surface area contributed by atoms with E-state index in [2.05, 4.69) is 14.1 Å². The largest absolute Gasteiger partial charge is 0.429 e. The first-order chi connectivity index (χ1) is 7.57. The van der Waals surface area contributed by atoms with Crippen LogP contribution >= 0.6 is 0 Å². The molecule has 0 aromatic heterocycles. The molecule has 0 aromatic rings. The number of carbonyl (C=O) groups is 1. The zero-order valence-electron chi connectivity index (χ0n) is 10.3. The predicted octanol–water partition coefficient (Wildman–Crippen LogP) is 1.15. The summed E-state index contributed by atoms with van der Waals surface area (Å²) < 4.78 is 11.8. The van der Waals surface area contributed by atoms with Gasteiger partial charge in [-0.1, -0.05) is 12.8 Å². The lowest BCUT2D eigenvalue weighted by molar-refractivity contribution is -0.905. The summed E-state index contributed by atoms with van der Waals surface area (Å²) in [7, 11) is 4.28. The summed E-state index contributed by atoms with van der Waals surface area (Å²) in [5.74, 6) is 0.0746. The molecule has 92 valence electrons. The van der Waals surface area contributed by atoms with Gasteiger partial charge in [0.25, 0.3) is 6.29 Å². The van der Waals surface area contributed by atoms with Crippen LogP contribution in [0.3, 0.4) is 0 Å². The summed E-state index contributed by atoms with van der Waals surface area (Å²) in [6.45, 7) is 2.42. The summed E-state index contributed by atoms with van der Waals surface area (Å²) in [4.78, 5) is 11.8. The summed E-state index contributed by atoms with van der Waals surface area (Å²) in [6.07, 6.45) is 3.96. The molecule has 4 nitrogen and oxygen atoms in total. The highest BCUT2D eigenvalue weighted by Crippen LogP contribution is 2.26. The third-order valence-electron chi connectivity index (χ3n) is 3.58. The Hall–Kier alpha value is -0.610. The molecule has 0 spiro atoms. The SMILES string of the molecule is C[N+]1(C)CCOC(OC(=O)C2CCCC2)C1. The number of carbonyl (C=O) groups excluding carboxylic acids is 1. The lowest BCUT2D eigenvalue weighted by Crippen LogP contribution is -2.53. The van der Waals surface area contributed by atoms with Gasteiger partial charge in [-0.25, -0.2) is 0 Å². The normalized spacial score (nSPS) is 30.2. The van der Waals surface area contributed by atoms with Crippen molar-refractivity contribution in [3.05, 3.63) is 0 Å². The number of rotatable bonds is 2. The van der Waals surface area contributed by atoms with Crippen LogP contribution in [0.25, 0.3) is 0 Å². The molecule has 0 radical (unpaired) electrons. The van der Waals surface area contributed by atoms with E-state index in [1.54, 1.807) is 0 Å². The van der Waals surface area contributed by atoms with Gasteiger partial charge in [0, 0.05) is 0 Å². The van der Waals surface area contributed by atoms with Crippen molar-refractivity contribution in [3.8, 4) is 0 Å². The standard InChI is InChI=1S/C12H22NO3/c1-13(2)7-8-15-11(9-13)16-12(14)10-5-3-4-6-10/h10-11H,3-9H2,1-2H3/q+1. The number of morpholine rings is 1. The zero-order chi connectivity index (χ0) is 11.6. The Morgan fingerprint density at radius 2 is 2.00 bits per heavy atom. The first-order valence-electron chi connectivity index (χ1n) is 6.21. The summed E-state index contributed by atoms with van der Waals surface area (Å²) in [6, 6.07) is 0. The quantitative estimate of drug-likeness (QED) is 0.525. The molecule has 1 aliphatic carbocycles. The Morgan fingerprint density at radius 1 is 1.31 bits per heavy atom. The fourth-order valence-electron chi connectivity index (χ4n) is 2.44. The number of quaternary nitrogens is 1. The molecule has 1 atom stereocenters. The number of likely N-dealkylation sites (N-methyl/N-ethyl adjacent to an activating group) is 1. The van der Waals surface area contributed by atoms with Gasteiger partial charge < -0.3 is 14.0 Å². The Balaban J connectivity index is 1.82. The molecule has 0 amide bonds. The van der Waals surface area contributed by atoms with E-state index >= 15 is 0 Å². The van der Waals surface area contributed by atoms with Crippen LogP contribution in [-0.4, -0.2) is 50.5 Å². The molecule has 0 bridgehead atoms. The van der Waals surface area contributed by atoms with Crippen LogP contribution in [0.15, 0.2) is 0 Å². The van der Waals surface area contributed by atoms with E-state index in [1.807, 2.05) is 0 Å². The molecule has 1 saturated heterocycles. The third-order valence-corrected chi connectivity index (χ3v) is 3.58. The number of hydrogen-bond acceptors (Lipinski definition) is 3. The van der Waals surface area contributed by atoms with Gasteiger partial charge in [0.2, 0.25) is 0 Å². The smallest absolute Gasteiger partial charge is 0.311 e. The fraction of sp³-hybridized carbons (Fsp3) is 0.917. The van der Waals surface area contributed by atoms with Crippen LogP contribution < -0.4 is 0 Å². The molecule has 16 heavy (non-hydrogen) atoms. The maximum absolute atomic E-state index is 11.8. The first kappa shape index (κ1) is 11.9. The predicted molar refractivity (Wildman–Crippen MR) is 59.6 cm³/mol. The van der Waals surface area contributed by atoms with Crippen molar-refractivity contribution in [1.82, 2.24) is 0 Å². The molecule has 1 heterocycles. The Morgan fingerprint density at radius 3 is 2.62 bits per heavy atom. The van der Waals surface area contributed by atoms with E-state index in [0.717, 1.165) is 43.3 Å². The van der Waals surface area contributed by atoms with Gasteiger partial charge in [0.05, 0.1) is 20.0 Å². The highest BCUT2D eigenvalue weighted by atomic mass is 16.7. The maximum atomic E-state index is 11.8. The Bertz CT molecular complexity index is 259. The van der Waals surface area contributed by atoms with Crippen molar-refractivity contribution in [3.63, 3.8) is 0 Å². The molecule has 1 saturated carbocycles. The van der Waals surface area contributed by atoms with Crippen molar-refractivity contribution in [1.29, 1.82) is 0 Å². The fourth-order valence-corrected chi connectivity index (χ4v) is 2.44. The molecule has 2 fully saturated rings. The monoisotopic (exact) mass is 228 g/mol. The minimum atomic E-state index is -0.336. The maximum Gasteiger partial charge on any atom is 0.311 e.